The number of nitrogens with zero attached hydrogens (tertiary/aromatic N) is 1. The fraction of sp³-hybridized carbons (Fsp3) is 0.294. The lowest BCUT2D eigenvalue weighted by Gasteiger charge is -2.42. The van der Waals surface area contributed by atoms with Crippen molar-refractivity contribution in [2.24, 2.45) is 5.73 Å². The zero-order chi connectivity index (χ0) is 16.8. The summed E-state index contributed by atoms with van der Waals surface area (Å²) in [5.74, 6) is 0.612. The number of ether oxygens (including phenoxy) is 1. The monoisotopic (exact) mass is 330 g/mol. The van der Waals surface area contributed by atoms with E-state index in [9.17, 15) is 9.90 Å². The van der Waals surface area contributed by atoms with Crippen molar-refractivity contribution >= 4 is 17.2 Å². The molecule has 0 spiro atoms. The van der Waals surface area contributed by atoms with Crippen molar-refractivity contribution in [2.45, 2.75) is 31.6 Å². The molecule has 3 rings (SSSR count). The average Bonchev–Trinajstić information content (AvgIpc) is 2.49. The number of thiocarbonyl (C=S) groups is 1. The van der Waals surface area contributed by atoms with Crippen LogP contribution in [0.4, 0.5) is 0 Å². The summed E-state index contributed by atoms with van der Waals surface area (Å²) in [7, 11) is 0. The van der Waals surface area contributed by atoms with Crippen LogP contribution in [0.3, 0.4) is 0 Å². The Morgan fingerprint density at radius 2 is 2.09 bits per heavy atom. The molecule has 2 heterocycles. The summed E-state index contributed by atoms with van der Waals surface area (Å²) in [6.07, 6.45) is 0.756. The van der Waals surface area contributed by atoms with Gasteiger partial charge in [-0.1, -0.05) is 18.3 Å². The third-order valence-corrected chi connectivity index (χ3v) is 4.38. The molecule has 3 N–H and O–H groups in total. The molecule has 0 radical (unpaired) electrons. The predicted octanol–water partition coefficient (Wildman–Crippen LogP) is 1.60. The zero-order valence-corrected chi connectivity index (χ0v) is 13.7. The van der Waals surface area contributed by atoms with Crippen molar-refractivity contribution in [2.75, 3.05) is 0 Å². The summed E-state index contributed by atoms with van der Waals surface area (Å²) in [6.45, 7) is 3.59. The van der Waals surface area contributed by atoms with Crippen molar-refractivity contribution in [1.82, 2.24) is 4.57 Å². The second-order valence-corrected chi connectivity index (χ2v) is 6.60. The third kappa shape index (κ3) is 2.64. The Hall–Kier alpha value is -2.18. The lowest BCUT2D eigenvalue weighted by Crippen LogP contribution is -2.52. The molecule has 1 aromatic carbocycles. The summed E-state index contributed by atoms with van der Waals surface area (Å²) in [5, 5.41) is 10.8. The van der Waals surface area contributed by atoms with E-state index in [1.165, 1.54) is 10.6 Å². The number of aromatic nitrogens is 1. The number of nitrogens with two attached hydrogens (primary N) is 1. The molecule has 120 valence electrons. The van der Waals surface area contributed by atoms with Crippen molar-refractivity contribution in [3.63, 3.8) is 0 Å². The van der Waals surface area contributed by atoms with Gasteiger partial charge >= 0.3 is 0 Å². The van der Waals surface area contributed by atoms with Crippen LogP contribution in [0, 0.1) is 0 Å². The standard InChI is InChI=1S/C17H18N2O3S/c1-17(2)15(21)14(19-8-4-3-5-13(19)20)11-9-10(16(18)23)6-7-12(11)22-17/h3-9,14-15,21H,1-2H3,(H2,18,23)/t14-,15+/m1/s1. The average molecular weight is 330 g/mol. The molecule has 0 bridgehead atoms. The highest BCUT2D eigenvalue weighted by Crippen LogP contribution is 2.41. The van der Waals surface area contributed by atoms with Crippen LogP contribution in [0.15, 0.2) is 47.4 Å². The zero-order valence-electron chi connectivity index (χ0n) is 12.9. The summed E-state index contributed by atoms with van der Waals surface area (Å²) in [4.78, 5) is 12.5. The fourth-order valence-corrected chi connectivity index (χ4v) is 3.02. The maximum atomic E-state index is 12.3. The molecular weight excluding hydrogens is 312 g/mol. The molecule has 0 aliphatic carbocycles. The molecule has 1 aliphatic rings. The molecular formula is C17H18N2O3S. The minimum atomic E-state index is -0.906. The molecule has 1 aromatic heterocycles. The first kappa shape index (κ1) is 15.7. The van der Waals surface area contributed by atoms with E-state index >= 15 is 0 Å². The number of hydrogen-bond acceptors (Lipinski definition) is 4. The quantitative estimate of drug-likeness (QED) is 0.818. The molecule has 0 unspecified atom stereocenters. The lowest BCUT2D eigenvalue weighted by molar-refractivity contribution is -0.0642. The van der Waals surface area contributed by atoms with Crippen molar-refractivity contribution in [3.05, 3.63) is 64.1 Å². The minimum absolute atomic E-state index is 0.194. The van der Waals surface area contributed by atoms with Gasteiger partial charge in [-0.3, -0.25) is 4.79 Å². The Morgan fingerprint density at radius 1 is 1.35 bits per heavy atom. The Bertz CT molecular complexity index is 829. The second kappa shape index (κ2) is 5.47. The van der Waals surface area contributed by atoms with Crippen molar-refractivity contribution in [3.8, 4) is 5.75 Å². The van der Waals surface area contributed by atoms with Crippen LogP contribution in [0.2, 0.25) is 0 Å². The van der Waals surface area contributed by atoms with E-state index in [0.717, 1.165) is 0 Å². The van der Waals surface area contributed by atoms with Crippen molar-refractivity contribution < 1.29 is 9.84 Å². The van der Waals surface area contributed by atoms with Gasteiger partial charge in [-0.2, -0.15) is 0 Å². The molecule has 5 nitrogen and oxygen atoms in total. The van der Waals surface area contributed by atoms with E-state index in [1.807, 2.05) is 0 Å². The smallest absolute Gasteiger partial charge is 0.251 e. The van der Waals surface area contributed by atoms with Crippen LogP contribution in [0.5, 0.6) is 5.75 Å². The van der Waals surface area contributed by atoms with Gasteiger partial charge in [0.1, 0.15) is 22.4 Å². The van der Waals surface area contributed by atoms with E-state index < -0.39 is 17.7 Å². The van der Waals surface area contributed by atoms with Crippen LogP contribution in [-0.4, -0.2) is 26.4 Å². The van der Waals surface area contributed by atoms with Crippen molar-refractivity contribution in [1.29, 1.82) is 0 Å². The molecule has 1 aliphatic heterocycles. The lowest BCUT2D eigenvalue weighted by atomic mass is 9.85. The van der Waals surface area contributed by atoms with Gasteiger partial charge in [0.05, 0.1) is 6.04 Å². The van der Waals surface area contributed by atoms with E-state index in [1.54, 1.807) is 50.4 Å². The van der Waals surface area contributed by atoms with E-state index in [0.29, 0.717) is 16.9 Å². The molecule has 2 atom stereocenters. The third-order valence-electron chi connectivity index (χ3n) is 4.15. The predicted molar refractivity (Wildman–Crippen MR) is 91.9 cm³/mol. The summed E-state index contributed by atoms with van der Waals surface area (Å²) in [6, 6.07) is 9.65. The van der Waals surface area contributed by atoms with E-state index in [-0.39, 0.29) is 10.5 Å². The SMILES string of the molecule is CC1(C)Oc2ccc(C(N)=S)cc2[C@@H](n2ccccc2=O)[C@@H]1O. The first-order chi connectivity index (χ1) is 10.8. The maximum Gasteiger partial charge on any atom is 0.251 e. The highest BCUT2D eigenvalue weighted by atomic mass is 32.1. The molecule has 6 heteroatoms. The first-order valence-electron chi connectivity index (χ1n) is 7.29. The summed E-state index contributed by atoms with van der Waals surface area (Å²) in [5.41, 5.74) is 6.04. The number of fused-ring (bicyclic) bond motifs is 1. The maximum absolute atomic E-state index is 12.3. The Morgan fingerprint density at radius 3 is 2.74 bits per heavy atom. The van der Waals surface area contributed by atoms with Gasteiger partial charge in [-0.05, 0) is 38.1 Å². The summed E-state index contributed by atoms with van der Waals surface area (Å²) >= 11 is 5.03. The first-order valence-corrected chi connectivity index (χ1v) is 7.70. The van der Waals surface area contributed by atoms with E-state index in [4.69, 9.17) is 22.7 Å². The normalized spacial score (nSPS) is 22.0. The Labute approximate surface area is 139 Å². The fourth-order valence-electron chi connectivity index (χ4n) is 2.89. The van der Waals surface area contributed by atoms with Gasteiger partial charge in [-0.15, -0.1) is 0 Å². The number of hydrogen-bond donors (Lipinski definition) is 2. The Kier molecular flexibility index (Phi) is 3.74. The number of rotatable bonds is 2. The van der Waals surface area contributed by atoms with Gasteiger partial charge in [0, 0.05) is 23.4 Å². The molecule has 0 amide bonds. The van der Waals surface area contributed by atoms with Crippen LogP contribution in [-0.2, 0) is 0 Å². The molecule has 0 fully saturated rings. The molecule has 23 heavy (non-hydrogen) atoms. The van der Waals surface area contributed by atoms with Gasteiger partial charge in [0.15, 0.2) is 0 Å². The molecule has 2 aromatic rings. The number of aliphatic hydroxyl groups excluding tert-OH is 1. The molecule has 0 saturated heterocycles. The van der Waals surface area contributed by atoms with Gasteiger partial charge in [-0.25, -0.2) is 0 Å². The van der Waals surface area contributed by atoms with Gasteiger partial charge in [0.2, 0.25) is 0 Å². The Balaban J connectivity index is 2.25. The highest BCUT2D eigenvalue weighted by molar-refractivity contribution is 7.80. The number of pyridine rings is 1. The second-order valence-electron chi connectivity index (χ2n) is 6.16. The van der Waals surface area contributed by atoms with Crippen LogP contribution < -0.4 is 16.0 Å². The van der Waals surface area contributed by atoms with Gasteiger partial charge < -0.3 is 20.1 Å². The minimum Gasteiger partial charge on any atom is -0.485 e. The van der Waals surface area contributed by atoms with Crippen LogP contribution in [0.25, 0.3) is 0 Å². The number of aliphatic hydroxyl groups is 1. The largest absolute Gasteiger partial charge is 0.485 e. The van der Waals surface area contributed by atoms with E-state index in [2.05, 4.69) is 0 Å². The van der Waals surface area contributed by atoms with Crippen LogP contribution >= 0.6 is 12.2 Å². The highest BCUT2D eigenvalue weighted by Gasteiger charge is 2.44. The van der Waals surface area contributed by atoms with Gasteiger partial charge in [0.25, 0.3) is 5.56 Å². The summed E-state index contributed by atoms with van der Waals surface area (Å²) < 4.78 is 7.42. The topological polar surface area (TPSA) is 77.5 Å². The number of benzene rings is 1. The van der Waals surface area contributed by atoms with Crippen LogP contribution in [0.1, 0.15) is 31.0 Å². The molecule has 0 saturated carbocycles.